The molecule has 1 aliphatic rings. The molecule has 0 N–H and O–H groups in total. The van der Waals surface area contributed by atoms with Gasteiger partial charge in [-0.25, -0.2) is 0 Å². The van der Waals surface area contributed by atoms with Crippen LogP contribution >= 0.6 is 0 Å². The maximum Gasteiger partial charge on any atom is 0.498 e. The van der Waals surface area contributed by atoms with Crippen molar-refractivity contribution in [3.8, 4) is 0 Å². The third kappa shape index (κ3) is 1.39. The van der Waals surface area contributed by atoms with Gasteiger partial charge in [0.15, 0.2) is 6.26 Å². The molecule has 75 valence electrons. The largest absolute Gasteiger partial charge is 0.498 e. The molecule has 0 spiro atoms. The summed E-state index contributed by atoms with van der Waals surface area (Å²) in [6.45, 7) is 8.08. The van der Waals surface area contributed by atoms with Gasteiger partial charge in [0.2, 0.25) is 0 Å². The lowest BCUT2D eigenvalue weighted by Crippen LogP contribution is -2.41. The number of rotatable bonds is 1. The summed E-state index contributed by atoms with van der Waals surface area (Å²) < 4.78 is 16.5. The Bertz CT molecular complexity index is 300. The van der Waals surface area contributed by atoms with Gasteiger partial charge < -0.3 is 13.7 Å². The van der Waals surface area contributed by atoms with Crippen LogP contribution in [0.1, 0.15) is 27.7 Å². The molecule has 1 radical (unpaired) electrons. The summed E-state index contributed by atoms with van der Waals surface area (Å²) in [6, 6.07) is 1.81. The standard InChI is InChI=1S/C10H14BO3/c1-9(2)10(3,4)14-11(13-9)8-5-6-12-7-8/h5-6H,1-4H3. The van der Waals surface area contributed by atoms with Gasteiger partial charge in [-0.15, -0.1) is 0 Å². The van der Waals surface area contributed by atoms with Crippen LogP contribution in [0.5, 0.6) is 0 Å². The van der Waals surface area contributed by atoms with Crippen LogP contribution in [-0.2, 0) is 9.31 Å². The molecule has 1 saturated heterocycles. The van der Waals surface area contributed by atoms with Crippen LogP contribution in [-0.4, -0.2) is 18.3 Å². The molecule has 3 nitrogen and oxygen atoms in total. The van der Waals surface area contributed by atoms with Crippen LogP contribution < -0.4 is 5.46 Å². The smallest absolute Gasteiger partial charge is 0.461 e. The highest BCUT2D eigenvalue weighted by Crippen LogP contribution is 2.36. The zero-order valence-electron chi connectivity index (χ0n) is 8.96. The fourth-order valence-corrected chi connectivity index (χ4v) is 1.34. The lowest BCUT2D eigenvalue weighted by molar-refractivity contribution is 0.00578. The van der Waals surface area contributed by atoms with Crippen LogP contribution in [0.25, 0.3) is 0 Å². The Kier molecular flexibility index (Phi) is 2.01. The maximum absolute atomic E-state index is 5.79. The molecule has 0 aliphatic carbocycles. The van der Waals surface area contributed by atoms with Crippen LogP contribution in [0.2, 0.25) is 0 Å². The minimum atomic E-state index is -0.362. The van der Waals surface area contributed by atoms with E-state index in [1.165, 1.54) is 0 Å². The summed E-state index contributed by atoms with van der Waals surface area (Å²) in [6.07, 6.45) is 4.30. The maximum atomic E-state index is 5.79. The van der Waals surface area contributed by atoms with E-state index in [4.69, 9.17) is 13.7 Å². The lowest BCUT2D eigenvalue weighted by atomic mass is 9.81. The second kappa shape index (κ2) is 2.88. The molecule has 0 amide bonds. The highest BCUT2D eigenvalue weighted by atomic mass is 16.7. The van der Waals surface area contributed by atoms with Crippen molar-refractivity contribution in [2.24, 2.45) is 0 Å². The fraction of sp³-hybridized carbons (Fsp3) is 0.600. The SMILES string of the molecule is CC1(C)OB(c2[c]occ2)OC1(C)C. The monoisotopic (exact) mass is 193 g/mol. The van der Waals surface area contributed by atoms with E-state index in [-0.39, 0.29) is 18.3 Å². The predicted octanol–water partition coefficient (Wildman–Crippen LogP) is 1.38. The third-order valence-corrected chi connectivity index (χ3v) is 3.00. The average Bonchev–Trinajstić information content (AvgIpc) is 2.58. The van der Waals surface area contributed by atoms with Crippen molar-refractivity contribution in [3.63, 3.8) is 0 Å². The molecule has 0 unspecified atom stereocenters. The van der Waals surface area contributed by atoms with Crippen LogP contribution in [0.4, 0.5) is 0 Å². The normalized spacial score (nSPS) is 24.1. The minimum absolute atomic E-state index is 0.303. The second-order valence-electron chi connectivity index (χ2n) is 4.57. The van der Waals surface area contributed by atoms with Crippen molar-refractivity contribution < 1.29 is 13.7 Å². The molecule has 1 aromatic heterocycles. The van der Waals surface area contributed by atoms with Gasteiger partial charge in [0, 0.05) is 5.46 Å². The molecule has 1 aliphatic heterocycles. The molecule has 1 aromatic rings. The summed E-state index contributed by atoms with van der Waals surface area (Å²) in [7, 11) is -0.362. The van der Waals surface area contributed by atoms with E-state index >= 15 is 0 Å². The quantitative estimate of drug-likeness (QED) is 0.631. The molecule has 1 fully saturated rings. The highest BCUT2D eigenvalue weighted by molar-refractivity contribution is 6.61. The van der Waals surface area contributed by atoms with Crippen molar-refractivity contribution in [3.05, 3.63) is 18.6 Å². The van der Waals surface area contributed by atoms with Gasteiger partial charge in [-0.2, -0.15) is 0 Å². The first kappa shape index (κ1) is 9.81. The van der Waals surface area contributed by atoms with Crippen molar-refractivity contribution in [1.82, 2.24) is 0 Å². The van der Waals surface area contributed by atoms with Crippen LogP contribution in [0.3, 0.4) is 0 Å². The van der Waals surface area contributed by atoms with E-state index in [2.05, 4.69) is 6.26 Å². The molecule has 0 atom stereocenters. The van der Waals surface area contributed by atoms with Crippen molar-refractivity contribution in [2.45, 2.75) is 38.9 Å². The summed E-state index contributed by atoms with van der Waals surface area (Å²) in [4.78, 5) is 0. The molecule has 0 bridgehead atoms. The summed E-state index contributed by atoms with van der Waals surface area (Å²) in [5.41, 5.74) is 0.203. The number of hydrogen-bond donors (Lipinski definition) is 0. The van der Waals surface area contributed by atoms with Crippen LogP contribution in [0, 0.1) is 6.26 Å². The Morgan fingerprint density at radius 3 is 2.14 bits per heavy atom. The molecule has 0 aromatic carbocycles. The number of furan rings is 1. The summed E-state index contributed by atoms with van der Waals surface area (Å²) >= 11 is 0. The van der Waals surface area contributed by atoms with E-state index in [9.17, 15) is 0 Å². The average molecular weight is 193 g/mol. The molecule has 0 saturated carbocycles. The summed E-state index contributed by atoms with van der Waals surface area (Å²) in [5.74, 6) is 0. The van der Waals surface area contributed by atoms with Crippen molar-refractivity contribution in [1.29, 1.82) is 0 Å². The Hall–Kier alpha value is -0.735. The highest BCUT2D eigenvalue weighted by Gasteiger charge is 2.52. The molecule has 14 heavy (non-hydrogen) atoms. The summed E-state index contributed by atoms with van der Waals surface area (Å²) in [5, 5.41) is 0. The Morgan fingerprint density at radius 2 is 1.71 bits per heavy atom. The Labute approximate surface area is 84.5 Å². The molecular formula is C10H14BO3. The molecule has 4 heteroatoms. The van der Waals surface area contributed by atoms with E-state index in [0.29, 0.717) is 0 Å². The van der Waals surface area contributed by atoms with E-state index < -0.39 is 0 Å². The fourth-order valence-electron chi connectivity index (χ4n) is 1.34. The Morgan fingerprint density at radius 1 is 1.14 bits per heavy atom. The molecule has 2 rings (SSSR count). The third-order valence-electron chi connectivity index (χ3n) is 3.00. The van der Waals surface area contributed by atoms with Crippen LogP contribution in [0.15, 0.2) is 16.7 Å². The predicted molar refractivity (Wildman–Crippen MR) is 53.3 cm³/mol. The van der Waals surface area contributed by atoms with Gasteiger partial charge in [0.1, 0.15) is 0 Å². The van der Waals surface area contributed by atoms with Gasteiger partial charge >= 0.3 is 7.12 Å². The van der Waals surface area contributed by atoms with Gasteiger partial charge in [-0.05, 0) is 33.8 Å². The van der Waals surface area contributed by atoms with E-state index in [1.807, 2.05) is 33.8 Å². The van der Waals surface area contributed by atoms with Crippen molar-refractivity contribution >= 4 is 12.6 Å². The van der Waals surface area contributed by atoms with Gasteiger partial charge in [-0.1, -0.05) is 0 Å². The Balaban J connectivity index is 2.22. The topological polar surface area (TPSA) is 31.6 Å². The first-order chi connectivity index (χ1) is 6.42. The second-order valence-corrected chi connectivity index (χ2v) is 4.57. The minimum Gasteiger partial charge on any atom is -0.461 e. The van der Waals surface area contributed by atoms with E-state index in [1.54, 1.807) is 6.26 Å². The zero-order chi connectivity index (χ0) is 10.4. The van der Waals surface area contributed by atoms with E-state index in [0.717, 1.165) is 5.46 Å². The van der Waals surface area contributed by atoms with Gasteiger partial charge in [0.05, 0.1) is 17.5 Å². The van der Waals surface area contributed by atoms with Gasteiger partial charge in [-0.3, -0.25) is 0 Å². The zero-order valence-corrected chi connectivity index (χ0v) is 8.96. The first-order valence-electron chi connectivity index (χ1n) is 4.73. The van der Waals surface area contributed by atoms with Crippen molar-refractivity contribution in [2.75, 3.05) is 0 Å². The van der Waals surface area contributed by atoms with Gasteiger partial charge in [0.25, 0.3) is 0 Å². The first-order valence-corrected chi connectivity index (χ1v) is 4.73. The lowest BCUT2D eigenvalue weighted by Gasteiger charge is -2.32. The number of hydrogen-bond acceptors (Lipinski definition) is 3. The molecule has 2 heterocycles. The molecular weight excluding hydrogens is 179 g/mol.